The van der Waals surface area contributed by atoms with Crippen LogP contribution in [-0.2, 0) is 6.42 Å². The Morgan fingerprint density at radius 1 is 1.43 bits per heavy atom. The van der Waals surface area contributed by atoms with E-state index in [0.717, 1.165) is 22.5 Å². The number of fused-ring (bicyclic) bond motifs is 1. The maximum atomic E-state index is 11.7. The van der Waals surface area contributed by atoms with Gasteiger partial charge in [-0.2, -0.15) is 5.26 Å². The normalized spacial score (nSPS) is 10.7. The van der Waals surface area contributed by atoms with Crippen LogP contribution in [0.4, 0.5) is 0 Å². The number of H-pyrrole nitrogens is 1. The second-order valence-electron chi connectivity index (χ2n) is 4.80. The smallest absolute Gasteiger partial charge is 0.266 e. The first-order valence-corrected chi connectivity index (χ1v) is 6.60. The molecular weight excluding hydrogens is 266 g/mol. The van der Waals surface area contributed by atoms with Crippen LogP contribution in [0.5, 0.6) is 0 Å². The van der Waals surface area contributed by atoms with Crippen molar-refractivity contribution in [1.82, 2.24) is 19.4 Å². The highest BCUT2D eigenvalue weighted by Gasteiger charge is 2.11. The van der Waals surface area contributed by atoms with Crippen molar-refractivity contribution in [2.45, 2.75) is 20.3 Å². The Kier molecular flexibility index (Phi) is 3.03. The minimum atomic E-state index is -0.356. The van der Waals surface area contributed by atoms with Gasteiger partial charge >= 0.3 is 0 Å². The summed E-state index contributed by atoms with van der Waals surface area (Å²) in [6, 6.07) is 3.53. The Morgan fingerprint density at radius 3 is 2.95 bits per heavy atom. The van der Waals surface area contributed by atoms with Gasteiger partial charge in [0, 0.05) is 35.4 Å². The van der Waals surface area contributed by atoms with Crippen molar-refractivity contribution in [3.8, 4) is 17.2 Å². The van der Waals surface area contributed by atoms with Crippen molar-refractivity contribution < 1.29 is 0 Å². The van der Waals surface area contributed by atoms with Gasteiger partial charge in [0.1, 0.15) is 11.6 Å². The van der Waals surface area contributed by atoms with Crippen LogP contribution in [0, 0.1) is 18.3 Å². The Balaban J connectivity index is 2.25. The first kappa shape index (κ1) is 13.1. The summed E-state index contributed by atoms with van der Waals surface area (Å²) in [5.41, 5.74) is 3.07. The molecule has 0 aliphatic heterocycles. The van der Waals surface area contributed by atoms with Crippen molar-refractivity contribution in [1.29, 1.82) is 5.26 Å². The second-order valence-corrected chi connectivity index (χ2v) is 4.80. The minimum absolute atomic E-state index is 0.101. The SMILES string of the molecule is CCc1[nH]c(=O)c(C#N)cc1-c1cnc2nc(C)cn2c1. The monoisotopic (exact) mass is 279 g/mol. The van der Waals surface area contributed by atoms with Gasteiger partial charge in [0.2, 0.25) is 5.78 Å². The zero-order chi connectivity index (χ0) is 15.0. The Bertz CT molecular complexity index is 929. The van der Waals surface area contributed by atoms with Crippen LogP contribution >= 0.6 is 0 Å². The molecule has 3 aromatic rings. The van der Waals surface area contributed by atoms with Crippen LogP contribution in [0.15, 0.2) is 29.5 Å². The molecule has 0 atom stereocenters. The number of rotatable bonds is 2. The van der Waals surface area contributed by atoms with E-state index in [9.17, 15) is 4.79 Å². The highest BCUT2D eigenvalue weighted by atomic mass is 16.1. The summed E-state index contributed by atoms with van der Waals surface area (Å²) >= 11 is 0. The molecule has 0 aliphatic carbocycles. The summed E-state index contributed by atoms with van der Waals surface area (Å²) in [7, 11) is 0. The molecule has 0 saturated heterocycles. The van der Waals surface area contributed by atoms with E-state index < -0.39 is 0 Å². The zero-order valence-electron chi connectivity index (χ0n) is 11.7. The molecule has 3 aromatic heterocycles. The summed E-state index contributed by atoms with van der Waals surface area (Å²) in [5, 5.41) is 9.03. The second kappa shape index (κ2) is 4.87. The molecule has 0 bridgehead atoms. The zero-order valence-corrected chi connectivity index (χ0v) is 11.7. The van der Waals surface area contributed by atoms with Gasteiger partial charge in [0.05, 0.1) is 5.69 Å². The maximum Gasteiger partial charge on any atom is 0.266 e. The molecule has 0 radical (unpaired) electrons. The Hall–Kier alpha value is -2.94. The molecule has 0 amide bonds. The molecule has 104 valence electrons. The molecule has 1 N–H and O–H groups in total. The fourth-order valence-electron chi connectivity index (χ4n) is 2.33. The number of hydrogen-bond acceptors (Lipinski definition) is 4. The molecular formula is C15H13N5O. The number of nitriles is 1. The minimum Gasteiger partial charge on any atom is -0.324 e. The van der Waals surface area contributed by atoms with Crippen molar-refractivity contribution in [2.75, 3.05) is 0 Å². The lowest BCUT2D eigenvalue weighted by molar-refractivity contribution is 1.01. The van der Waals surface area contributed by atoms with Crippen LogP contribution in [0.1, 0.15) is 23.9 Å². The molecule has 0 unspecified atom stereocenters. The van der Waals surface area contributed by atoms with E-state index >= 15 is 0 Å². The molecule has 0 spiro atoms. The van der Waals surface area contributed by atoms with E-state index in [2.05, 4.69) is 15.0 Å². The highest BCUT2D eigenvalue weighted by molar-refractivity contribution is 5.66. The molecule has 0 aromatic carbocycles. The largest absolute Gasteiger partial charge is 0.324 e. The molecule has 0 fully saturated rings. The molecule has 21 heavy (non-hydrogen) atoms. The van der Waals surface area contributed by atoms with Gasteiger partial charge in [-0.1, -0.05) is 6.92 Å². The fraction of sp³-hybridized carbons (Fsp3) is 0.200. The molecule has 0 aliphatic rings. The van der Waals surface area contributed by atoms with Crippen molar-refractivity contribution in [2.24, 2.45) is 0 Å². The molecule has 3 heterocycles. The molecule has 0 saturated carbocycles. The summed E-state index contributed by atoms with van der Waals surface area (Å²) in [6.07, 6.45) is 6.15. The number of pyridine rings is 1. The highest BCUT2D eigenvalue weighted by Crippen LogP contribution is 2.22. The van der Waals surface area contributed by atoms with Crippen molar-refractivity contribution >= 4 is 5.78 Å². The third-order valence-electron chi connectivity index (χ3n) is 3.34. The van der Waals surface area contributed by atoms with E-state index in [-0.39, 0.29) is 11.1 Å². The standard InChI is InChI=1S/C15H13N5O/c1-3-13-12(4-10(5-16)14(21)19-13)11-6-17-15-18-9(2)7-20(15)8-11/h4,6-8H,3H2,1-2H3,(H,19,21). The lowest BCUT2D eigenvalue weighted by atomic mass is 10.0. The third kappa shape index (κ3) is 2.19. The Morgan fingerprint density at radius 2 is 2.24 bits per heavy atom. The van der Waals surface area contributed by atoms with Gasteiger partial charge in [-0.15, -0.1) is 0 Å². The lowest BCUT2D eigenvalue weighted by Gasteiger charge is -2.08. The number of imidazole rings is 1. The van der Waals surface area contributed by atoms with Gasteiger partial charge in [0.15, 0.2) is 0 Å². The summed E-state index contributed by atoms with van der Waals surface area (Å²) in [5.74, 6) is 0.624. The van der Waals surface area contributed by atoms with Gasteiger partial charge in [0.25, 0.3) is 5.56 Å². The van der Waals surface area contributed by atoms with Gasteiger partial charge in [-0.25, -0.2) is 9.97 Å². The molecule has 3 rings (SSSR count). The van der Waals surface area contributed by atoms with E-state index in [1.165, 1.54) is 0 Å². The molecule has 6 nitrogen and oxygen atoms in total. The van der Waals surface area contributed by atoms with Gasteiger partial charge in [-0.05, 0) is 19.4 Å². The first-order valence-electron chi connectivity index (χ1n) is 6.60. The van der Waals surface area contributed by atoms with Gasteiger partial charge in [-0.3, -0.25) is 9.20 Å². The topological polar surface area (TPSA) is 86.8 Å². The fourth-order valence-corrected chi connectivity index (χ4v) is 2.33. The average Bonchev–Trinajstić information content (AvgIpc) is 2.85. The van der Waals surface area contributed by atoms with Crippen LogP contribution < -0.4 is 5.56 Å². The van der Waals surface area contributed by atoms with Crippen LogP contribution in [-0.4, -0.2) is 19.4 Å². The third-order valence-corrected chi connectivity index (χ3v) is 3.34. The van der Waals surface area contributed by atoms with Crippen LogP contribution in [0.25, 0.3) is 16.9 Å². The van der Waals surface area contributed by atoms with Gasteiger partial charge < -0.3 is 4.98 Å². The number of aryl methyl sites for hydroxylation is 2. The maximum absolute atomic E-state index is 11.7. The number of hydrogen-bond donors (Lipinski definition) is 1. The molecule has 6 heteroatoms. The van der Waals surface area contributed by atoms with E-state index in [1.807, 2.05) is 36.7 Å². The van der Waals surface area contributed by atoms with E-state index in [1.54, 1.807) is 12.3 Å². The Labute approximate surface area is 120 Å². The van der Waals surface area contributed by atoms with Crippen LogP contribution in [0.3, 0.4) is 0 Å². The lowest BCUT2D eigenvalue weighted by Crippen LogP contribution is -2.13. The quantitative estimate of drug-likeness (QED) is 0.775. The van der Waals surface area contributed by atoms with E-state index in [0.29, 0.717) is 12.2 Å². The number of aromatic amines is 1. The van der Waals surface area contributed by atoms with Crippen molar-refractivity contribution in [3.05, 3.63) is 52.0 Å². The predicted molar refractivity (Wildman–Crippen MR) is 77.9 cm³/mol. The number of nitrogens with one attached hydrogen (secondary N) is 1. The summed E-state index contributed by atoms with van der Waals surface area (Å²) in [4.78, 5) is 23.1. The first-order chi connectivity index (χ1) is 10.1. The number of aromatic nitrogens is 4. The summed E-state index contributed by atoms with van der Waals surface area (Å²) < 4.78 is 1.83. The van der Waals surface area contributed by atoms with E-state index in [4.69, 9.17) is 5.26 Å². The average molecular weight is 279 g/mol. The number of nitrogens with zero attached hydrogens (tertiary/aromatic N) is 4. The van der Waals surface area contributed by atoms with Crippen LogP contribution in [0.2, 0.25) is 0 Å². The summed E-state index contributed by atoms with van der Waals surface area (Å²) in [6.45, 7) is 3.85. The predicted octanol–water partition coefficient (Wildman–Crippen LogP) is 1.83. The van der Waals surface area contributed by atoms with Crippen molar-refractivity contribution in [3.63, 3.8) is 0 Å².